The van der Waals surface area contributed by atoms with Crippen LogP contribution < -0.4 is 15.5 Å². The van der Waals surface area contributed by atoms with Crippen LogP contribution in [0, 0.1) is 5.82 Å². The molecule has 0 bridgehead atoms. The number of para-hydroxylation sites is 1. The van der Waals surface area contributed by atoms with Crippen molar-refractivity contribution < 1.29 is 18.7 Å². The molecule has 2 N–H and O–H groups in total. The van der Waals surface area contributed by atoms with Crippen LogP contribution in [0.4, 0.5) is 4.39 Å². The van der Waals surface area contributed by atoms with Gasteiger partial charge in [-0.2, -0.15) is 5.10 Å². The van der Waals surface area contributed by atoms with Crippen molar-refractivity contribution in [3.63, 3.8) is 0 Å². The molecule has 0 aromatic heterocycles. The number of ether oxygens (including phenoxy) is 1. The summed E-state index contributed by atoms with van der Waals surface area (Å²) in [6, 6.07) is 13.1. The Morgan fingerprint density at radius 2 is 1.85 bits per heavy atom. The number of carbonyl (C=O) groups excluding carboxylic acids is 2. The van der Waals surface area contributed by atoms with E-state index < -0.39 is 11.8 Å². The maximum absolute atomic E-state index is 12.9. The van der Waals surface area contributed by atoms with E-state index in [9.17, 15) is 14.0 Å². The summed E-state index contributed by atoms with van der Waals surface area (Å²) in [5.41, 5.74) is 3.64. The van der Waals surface area contributed by atoms with E-state index in [0.717, 1.165) is 18.4 Å². The molecule has 7 heteroatoms. The Morgan fingerprint density at radius 3 is 2.59 bits per heavy atom. The molecule has 2 rings (SSSR count). The van der Waals surface area contributed by atoms with Crippen LogP contribution >= 0.6 is 0 Å². The fraction of sp³-hybridized carbons (Fsp3) is 0.250. The zero-order valence-electron chi connectivity index (χ0n) is 15.1. The quantitative estimate of drug-likeness (QED) is 0.324. The van der Waals surface area contributed by atoms with E-state index in [1.807, 2.05) is 6.92 Å². The largest absolute Gasteiger partial charge is 0.488 e. The van der Waals surface area contributed by atoms with Gasteiger partial charge < -0.3 is 10.1 Å². The van der Waals surface area contributed by atoms with Crippen LogP contribution in [0.25, 0.3) is 0 Å². The Hall–Kier alpha value is -3.22. The van der Waals surface area contributed by atoms with Gasteiger partial charge in [0, 0.05) is 12.1 Å². The van der Waals surface area contributed by atoms with Crippen LogP contribution in [-0.4, -0.2) is 24.6 Å². The van der Waals surface area contributed by atoms with Gasteiger partial charge in [0.2, 0.25) is 0 Å². The van der Waals surface area contributed by atoms with Crippen LogP contribution in [0.2, 0.25) is 0 Å². The summed E-state index contributed by atoms with van der Waals surface area (Å²) in [6.45, 7) is 2.70. The second-order valence-corrected chi connectivity index (χ2v) is 5.76. The molecule has 0 saturated carbocycles. The van der Waals surface area contributed by atoms with Crippen LogP contribution in [-0.2, 0) is 16.2 Å². The molecule has 0 radical (unpaired) electrons. The van der Waals surface area contributed by atoms with Crippen molar-refractivity contribution in [2.24, 2.45) is 5.10 Å². The van der Waals surface area contributed by atoms with Crippen molar-refractivity contribution in [1.29, 1.82) is 0 Å². The molecule has 0 fully saturated rings. The molecule has 0 unspecified atom stereocenters. The lowest BCUT2D eigenvalue weighted by Gasteiger charge is -2.09. The highest BCUT2D eigenvalue weighted by Crippen LogP contribution is 2.17. The minimum Gasteiger partial charge on any atom is -0.488 e. The third kappa shape index (κ3) is 6.89. The summed E-state index contributed by atoms with van der Waals surface area (Å²) in [6.07, 6.45) is 3.13. The first-order valence-corrected chi connectivity index (χ1v) is 8.67. The van der Waals surface area contributed by atoms with Gasteiger partial charge in [-0.1, -0.05) is 37.6 Å². The second-order valence-electron chi connectivity index (χ2n) is 5.76. The molecule has 0 aliphatic carbocycles. The molecule has 0 spiro atoms. The van der Waals surface area contributed by atoms with Crippen molar-refractivity contribution in [3.8, 4) is 5.75 Å². The molecular formula is C20H22FN3O3. The minimum atomic E-state index is -0.827. The smallest absolute Gasteiger partial charge is 0.329 e. The molecule has 0 aliphatic heterocycles. The minimum absolute atomic E-state index is 0.261. The van der Waals surface area contributed by atoms with Crippen molar-refractivity contribution in [2.45, 2.75) is 26.4 Å². The topological polar surface area (TPSA) is 79.8 Å². The van der Waals surface area contributed by atoms with E-state index >= 15 is 0 Å². The van der Waals surface area contributed by atoms with Crippen LogP contribution in [0.5, 0.6) is 5.75 Å². The Labute approximate surface area is 157 Å². The number of nitrogens with zero attached hydrogens (tertiary/aromatic N) is 1. The number of hydrogen-bond donors (Lipinski definition) is 2. The third-order valence-corrected chi connectivity index (χ3v) is 3.62. The van der Waals surface area contributed by atoms with Gasteiger partial charge in [0.1, 0.15) is 18.2 Å². The van der Waals surface area contributed by atoms with E-state index in [1.54, 1.807) is 36.4 Å². The maximum atomic E-state index is 12.9. The zero-order chi connectivity index (χ0) is 19.5. The molecule has 27 heavy (non-hydrogen) atoms. The summed E-state index contributed by atoms with van der Waals surface area (Å²) < 4.78 is 18.7. The van der Waals surface area contributed by atoms with Gasteiger partial charge in [0.25, 0.3) is 0 Å². The Balaban J connectivity index is 1.90. The van der Waals surface area contributed by atoms with Gasteiger partial charge in [-0.25, -0.2) is 9.82 Å². The van der Waals surface area contributed by atoms with E-state index in [0.29, 0.717) is 17.9 Å². The average Bonchev–Trinajstić information content (AvgIpc) is 2.68. The summed E-state index contributed by atoms with van der Waals surface area (Å²) in [7, 11) is 0. The predicted molar refractivity (Wildman–Crippen MR) is 101 cm³/mol. The number of nitrogens with one attached hydrogen (secondary N) is 2. The second kappa shape index (κ2) is 10.7. The molecule has 6 nitrogen and oxygen atoms in total. The number of hydrazone groups is 1. The highest BCUT2D eigenvalue weighted by Gasteiger charge is 2.11. The van der Waals surface area contributed by atoms with Gasteiger partial charge >= 0.3 is 11.8 Å². The predicted octanol–water partition coefficient (Wildman–Crippen LogP) is 2.77. The molecule has 2 amide bonds. The number of rotatable bonds is 8. The fourth-order valence-electron chi connectivity index (χ4n) is 2.13. The van der Waals surface area contributed by atoms with Crippen molar-refractivity contribution in [1.82, 2.24) is 10.7 Å². The SMILES string of the molecule is CCCCNC(=O)C(=O)N/N=C\c1ccccc1OCc1ccc(F)cc1. The van der Waals surface area contributed by atoms with E-state index in [1.165, 1.54) is 18.3 Å². The first-order chi connectivity index (χ1) is 13.1. The number of amides is 2. The maximum Gasteiger partial charge on any atom is 0.329 e. The lowest BCUT2D eigenvalue weighted by molar-refractivity contribution is -0.139. The van der Waals surface area contributed by atoms with E-state index in [4.69, 9.17) is 4.74 Å². The molecule has 142 valence electrons. The third-order valence-electron chi connectivity index (χ3n) is 3.62. The summed E-state index contributed by atoms with van der Waals surface area (Å²) in [4.78, 5) is 23.2. The molecule has 2 aromatic rings. The van der Waals surface area contributed by atoms with Gasteiger partial charge in [0.15, 0.2) is 0 Å². The van der Waals surface area contributed by atoms with E-state index in [-0.39, 0.29) is 12.4 Å². The van der Waals surface area contributed by atoms with Crippen molar-refractivity contribution >= 4 is 18.0 Å². The van der Waals surface area contributed by atoms with Gasteiger partial charge in [-0.15, -0.1) is 0 Å². The Bertz CT molecular complexity index is 791. The van der Waals surface area contributed by atoms with Crippen LogP contribution in [0.1, 0.15) is 30.9 Å². The number of hydrogen-bond acceptors (Lipinski definition) is 4. The lowest BCUT2D eigenvalue weighted by Crippen LogP contribution is -2.38. The molecular weight excluding hydrogens is 349 g/mol. The fourth-order valence-corrected chi connectivity index (χ4v) is 2.13. The molecule has 0 saturated heterocycles. The van der Waals surface area contributed by atoms with Crippen LogP contribution in [0.3, 0.4) is 0 Å². The molecule has 0 aliphatic rings. The standard InChI is InChI=1S/C20H22FN3O3/c1-2-3-12-22-19(25)20(26)24-23-13-16-6-4-5-7-18(16)27-14-15-8-10-17(21)11-9-15/h4-11,13H,2-3,12,14H2,1H3,(H,22,25)(H,24,26)/b23-13-. The summed E-state index contributed by atoms with van der Waals surface area (Å²) in [5.74, 6) is -1.30. The summed E-state index contributed by atoms with van der Waals surface area (Å²) >= 11 is 0. The average molecular weight is 371 g/mol. The number of carbonyl (C=O) groups is 2. The Kier molecular flexibility index (Phi) is 7.96. The lowest BCUT2D eigenvalue weighted by atomic mass is 10.2. The number of unbranched alkanes of at least 4 members (excludes halogenated alkanes) is 1. The monoisotopic (exact) mass is 371 g/mol. The highest BCUT2D eigenvalue weighted by atomic mass is 19.1. The first kappa shape index (κ1) is 20.1. The van der Waals surface area contributed by atoms with Crippen molar-refractivity contribution in [2.75, 3.05) is 6.54 Å². The normalized spacial score (nSPS) is 10.6. The van der Waals surface area contributed by atoms with Crippen LogP contribution in [0.15, 0.2) is 53.6 Å². The zero-order valence-corrected chi connectivity index (χ0v) is 15.1. The number of benzene rings is 2. The van der Waals surface area contributed by atoms with E-state index in [2.05, 4.69) is 15.8 Å². The molecule has 2 aromatic carbocycles. The summed E-state index contributed by atoms with van der Waals surface area (Å²) in [5, 5.41) is 6.31. The number of halogens is 1. The molecule has 0 atom stereocenters. The van der Waals surface area contributed by atoms with Gasteiger partial charge in [0.05, 0.1) is 6.21 Å². The van der Waals surface area contributed by atoms with Crippen molar-refractivity contribution in [3.05, 3.63) is 65.5 Å². The van der Waals surface area contributed by atoms with Gasteiger partial charge in [-0.05, 0) is 36.2 Å². The molecule has 0 heterocycles. The highest BCUT2D eigenvalue weighted by molar-refractivity contribution is 6.35. The first-order valence-electron chi connectivity index (χ1n) is 8.67. The van der Waals surface area contributed by atoms with Gasteiger partial charge in [-0.3, -0.25) is 9.59 Å². The Morgan fingerprint density at radius 1 is 1.11 bits per heavy atom.